The lowest BCUT2D eigenvalue weighted by Crippen LogP contribution is -2.04. The van der Waals surface area contributed by atoms with Crippen LogP contribution in [-0.2, 0) is 0 Å². The van der Waals surface area contributed by atoms with Crippen LogP contribution >= 0.6 is 11.8 Å². The zero-order valence-electron chi connectivity index (χ0n) is 7.76. The van der Waals surface area contributed by atoms with Crippen LogP contribution in [0.1, 0.15) is 33.1 Å². The van der Waals surface area contributed by atoms with Crippen LogP contribution in [0.4, 0.5) is 0 Å². The van der Waals surface area contributed by atoms with Gasteiger partial charge in [0.1, 0.15) is 0 Å². The average Bonchev–Trinajstić information content (AvgIpc) is 2.46. The van der Waals surface area contributed by atoms with Gasteiger partial charge in [-0.1, -0.05) is 26.3 Å². The van der Waals surface area contributed by atoms with Gasteiger partial charge in [0.25, 0.3) is 0 Å². The van der Waals surface area contributed by atoms with Crippen LogP contribution in [0.25, 0.3) is 0 Å². The molecule has 64 valence electrons. The van der Waals surface area contributed by atoms with E-state index in [-0.39, 0.29) is 0 Å². The lowest BCUT2D eigenvalue weighted by molar-refractivity contribution is 0.401. The molecule has 0 aromatic heterocycles. The number of hydrogen-bond donors (Lipinski definition) is 0. The van der Waals surface area contributed by atoms with E-state index in [2.05, 4.69) is 26.2 Å². The maximum absolute atomic E-state index is 2.48. The fraction of sp³-hybridized carbons (Fsp3) is 0.800. The first-order valence-corrected chi connectivity index (χ1v) is 5.78. The predicted molar refractivity (Wildman–Crippen MR) is 53.8 cm³/mol. The molecule has 1 aliphatic rings. The van der Waals surface area contributed by atoms with Crippen molar-refractivity contribution in [2.24, 2.45) is 11.8 Å². The van der Waals surface area contributed by atoms with Crippen molar-refractivity contribution in [1.82, 2.24) is 0 Å². The smallest absolute Gasteiger partial charge is 0.0140 e. The third kappa shape index (κ3) is 2.02. The lowest BCUT2D eigenvalue weighted by Gasteiger charge is -2.14. The first kappa shape index (κ1) is 9.18. The van der Waals surface area contributed by atoms with E-state index in [0.717, 1.165) is 11.8 Å². The molecule has 0 bridgehead atoms. The molecule has 0 fully saturated rings. The summed E-state index contributed by atoms with van der Waals surface area (Å²) in [5.74, 6) is 1.82. The molecule has 0 radical (unpaired) electrons. The summed E-state index contributed by atoms with van der Waals surface area (Å²) in [4.78, 5) is 1.61. The molecule has 1 heteroatoms. The van der Waals surface area contributed by atoms with Crippen molar-refractivity contribution in [2.75, 3.05) is 6.26 Å². The molecule has 0 saturated heterocycles. The fourth-order valence-electron chi connectivity index (χ4n) is 1.90. The topological polar surface area (TPSA) is 0 Å². The molecular weight excluding hydrogens is 152 g/mol. The summed E-state index contributed by atoms with van der Waals surface area (Å²) in [5, 5.41) is 0. The van der Waals surface area contributed by atoms with Crippen molar-refractivity contribution >= 4 is 11.8 Å². The lowest BCUT2D eigenvalue weighted by atomic mass is 9.91. The second-order valence-electron chi connectivity index (χ2n) is 3.28. The summed E-state index contributed by atoms with van der Waals surface area (Å²) in [6.07, 6.45) is 8.69. The standard InChI is InChI=1S/C10H18S/c1-4-8-6-10(11-3)7-9(8)5-2/h6,8-9H,4-5,7H2,1-3H3. The molecule has 0 aromatic carbocycles. The maximum atomic E-state index is 2.48. The molecule has 0 nitrogen and oxygen atoms in total. The van der Waals surface area contributed by atoms with Crippen molar-refractivity contribution < 1.29 is 0 Å². The highest BCUT2D eigenvalue weighted by molar-refractivity contribution is 8.02. The first-order chi connectivity index (χ1) is 5.31. The second kappa shape index (κ2) is 4.20. The van der Waals surface area contributed by atoms with E-state index >= 15 is 0 Å². The van der Waals surface area contributed by atoms with Gasteiger partial charge < -0.3 is 0 Å². The largest absolute Gasteiger partial charge is 0.134 e. The van der Waals surface area contributed by atoms with E-state index < -0.39 is 0 Å². The minimum Gasteiger partial charge on any atom is -0.134 e. The molecule has 0 saturated carbocycles. The molecule has 0 N–H and O–H groups in total. The van der Waals surface area contributed by atoms with E-state index in [1.165, 1.54) is 19.3 Å². The van der Waals surface area contributed by atoms with Gasteiger partial charge >= 0.3 is 0 Å². The monoisotopic (exact) mass is 170 g/mol. The van der Waals surface area contributed by atoms with Gasteiger partial charge in [-0.25, -0.2) is 0 Å². The Labute approximate surface area is 74.5 Å². The van der Waals surface area contributed by atoms with Gasteiger partial charge in [0.05, 0.1) is 0 Å². The van der Waals surface area contributed by atoms with E-state index in [1.807, 2.05) is 11.8 Å². The number of thioether (sulfide) groups is 1. The van der Waals surface area contributed by atoms with Crippen molar-refractivity contribution in [2.45, 2.75) is 33.1 Å². The maximum Gasteiger partial charge on any atom is -0.0140 e. The van der Waals surface area contributed by atoms with Crippen LogP contribution in [0.2, 0.25) is 0 Å². The molecule has 0 spiro atoms. The molecule has 2 unspecified atom stereocenters. The Hall–Kier alpha value is 0.0900. The summed E-state index contributed by atoms with van der Waals surface area (Å²) in [6, 6.07) is 0. The first-order valence-electron chi connectivity index (χ1n) is 4.56. The Bertz CT molecular complexity index is 149. The van der Waals surface area contributed by atoms with Gasteiger partial charge in [0, 0.05) is 0 Å². The minimum atomic E-state index is 0.877. The number of rotatable bonds is 3. The van der Waals surface area contributed by atoms with Crippen molar-refractivity contribution in [3.8, 4) is 0 Å². The van der Waals surface area contributed by atoms with Crippen LogP contribution in [0.15, 0.2) is 11.0 Å². The Morgan fingerprint density at radius 3 is 2.55 bits per heavy atom. The van der Waals surface area contributed by atoms with Gasteiger partial charge in [-0.15, -0.1) is 11.8 Å². The second-order valence-corrected chi connectivity index (χ2v) is 4.21. The third-order valence-corrected chi connectivity index (χ3v) is 3.55. The van der Waals surface area contributed by atoms with Crippen molar-refractivity contribution in [3.05, 3.63) is 11.0 Å². The van der Waals surface area contributed by atoms with Gasteiger partial charge in [-0.05, 0) is 35.8 Å². The minimum absolute atomic E-state index is 0.877. The van der Waals surface area contributed by atoms with Gasteiger partial charge in [0.2, 0.25) is 0 Å². The molecule has 0 heterocycles. The highest BCUT2D eigenvalue weighted by Gasteiger charge is 2.23. The predicted octanol–water partition coefficient (Wildman–Crippen LogP) is 3.69. The summed E-state index contributed by atoms with van der Waals surface area (Å²) >= 11 is 1.93. The molecule has 0 amide bonds. The normalized spacial score (nSPS) is 30.6. The van der Waals surface area contributed by atoms with Crippen LogP contribution in [0.5, 0.6) is 0 Å². The molecule has 2 atom stereocenters. The van der Waals surface area contributed by atoms with Crippen LogP contribution in [0.3, 0.4) is 0 Å². The Morgan fingerprint density at radius 2 is 2.18 bits per heavy atom. The molecule has 1 rings (SSSR count). The van der Waals surface area contributed by atoms with Crippen LogP contribution < -0.4 is 0 Å². The summed E-state index contributed by atoms with van der Waals surface area (Å²) < 4.78 is 0. The summed E-state index contributed by atoms with van der Waals surface area (Å²) in [5.41, 5.74) is 0. The molecule has 1 aliphatic carbocycles. The van der Waals surface area contributed by atoms with Crippen LogP contribution in [0, 0.1) is 11.8 Å². The number of allylic oxidation sites excluding steroid dienone is 2. The Balaban J connectivity index is 2.53. The van der Waals surface area contributed by atoms with Crippen molar-refractivity contribution in [1.29, 1.82) is 0 Å². The molecule has 0 aromatic rings. The van der Waals surface area contributed by atoms with E-state index in [0.29, 0.717) is 0 Å². The molecular formula is C10H18S. The van der Waals surface area contributed by atoms with Crippen LogP contribution in [-0.4, -0.2) is 6.26 Å². The zero-order valence-corrected chi connectivity index (χ0v) is 8.58. The highest BCUT2D eigenvalue weighted by Crippen LogP contribution is 2.38. The molecule has 0 aliphatic heterocycles. The van der Waals surface area contributed by atoms with Gasteiger partial charge in [0.15, 0.2) is 0 Å². The van der Waals surface area contributed by atoms with E-state index in [4.69, 9.17) is 0 Å². The highest BCUT2D eigenvalue weighted by atomic mass is 32.2. The Kier molecular flexibility index (Phi) is 3.50. The van der Waals surface area contributed by atoms with E-state index in [1.54, 1.807) is 4.91 Å². The van der Waals surface area contributed by atoms with Gasteiger partial charge in [-0.3, -0.25) is 0 Å². The zero-order chi connectivity index (χ0) is 8.27. The molecule has 11 heavy (non-hydrogen) atoms. The summed E-state index contributed by atoms with van der Waals surface area (Å²) in [6.45, 7) is 4.61. The number of hydrogen-bond acceptors (Lipinski definition) is 1. The van der Waals surface area contributed by atoms with Crippen molar-refractivity contribution in [3.63, 3.8) is 0 Å². The fourth-order valence-corrected chi connectivity index (χ4v) is 2.59. The van der Waals surface area contributed by atoms with Gasteiger partial charge in [-0.2, -0.15) is 0 Å². The summed E-state index contributed by atoms with van der Waals surface area (Å²) in [7, 11) is 0. The Morgan fingerprint density at radius 1 is 1.45 bits per heavy atom. The quantitative estimate of drug-likeness (QED) is 0.622. The van der Waals surface area contributed by atoms with E-state index in [9.17, 15) is 0 Å². The SMILES string of the molecule is CCC1C=C(SC)CC1CC. The average molecular weight is 170 g/mol. The third-order valence-electron chi connectivity index (χ3n) is 2.73.